The minimum atomic E-state index is -0.813. The lowest BCUT2D eigenvalue weighted by atomic mass is 9.95. The molecule has 1 fully saturated rings. The highest BCUT2D eigenvalue weighted by Gasteiger charge is 2.54. The molecule has 0 radical (unpaired) electrons. The highest BCUT2D eigenvalue weighted by atomic mass is 16.2. The van der Waals surface area contributed by atoms with Crippen molar-refractivity contribution in [1.82, 2.24) is 10.2 Å². The lowest BCUT2D eigenvalue weighted by molar-refractivity contribution is -0.125. The second kappa shape index (κ2) is 4.58. The number of hydrogen-bond acceptors (Lipinski definition) is 3. The fourth-order valence-corrected chi connectivity index (χ4v) is 3.02. The summed E-state index contributed by atoms with van der Waals surface area (Å²) in [4.78, 5) is 36.8. The molecular weight excluding hydrogens is 270 g/mol. The molecule has 21 heavy (non-hydrogen) atoms. The largest absolute Gasteiger partial charge is 0.326 e. The van der Waals surface area contributed by atoms with Gasteiger partial charge in [-0.2, -0.15) is 0 Å². The maximum Gasteiger partial charge on any atom is 0.324 e. The van der Waals surface area contributed by atoms with Crippen molar-refractivity contribution in [1.29, 1.82) is 0 Å². The summed E-state index contributed by atoms with van der Waals surface area (Å²) in [7, 11) is 1.64. The molecule has 2 N–H and O–H groups in total. The number of imide groups is 1. The summed E-state index contributed by atoms with van der Waals surface area (Å²) in [5.41, 5.74) is 1.96. The lowest BCUT2D eigenvalue weighted by Gasteiger charge is -2.27. The van der Waals surface area contributed by atoms with Gasteiger partial charge in [-0.3, -0.25) is 14.9 Å². The Morgan fingerprint density at radius 2 is 2.05 bits per heavy atom. The van der Waals surface area contributed by atoms with Crippen molar-refractivity contribution in [2.45, 2.75) is 31.7 Å². The lowest BCUT2D eigenvalue weighted by Crippen LogP contribution is -2.48. The number of fused-ring (bicyclic) bond motifs is 1. The Kier molecular flexibility index (Phi) is 2.97. The first-order chi connectivity index (χ1) is 9.96. The van der Waals surface area contributed by atoms with Crippen LogP contribution in [0.15, 0.2) is 18.2 Å². The Morgan fingerprint density at radius 3 is 2.67 bits per heavy atom. The van der Waals surface area contributed by atoms with Gasteiger partial charge in [-0.15, -0.1) is 0 Å². The van der Waals surface area contributed by atoms with Gasteiger partial charge in [0, 0.05) is 32.0 Å². The summed E-state index contributed by atoms with van der Waals surface area (Å²) in [6.07, 6.45) is 1.41. The Hall–Kier alpha value is -2.37. The molecule has 3 rings (SSSR count). The summed E-state index contributed by atoms with van der Waals surface area (Å²) in [6.45, 7) is 1.79. The molecule has 1 aliphatic carbocycles. The summed E-state index contributed by atoms with van der Waals surface area (Å²) in [5.74, 6) is -0.293. The first kappa shape index (κ1) is 13.6. The predicted molar refractivity (Wildman–Crippen MR) is 76.8 cm³/mol. The topological polar surface area (TPSA) is 78.5 Å². The smallest absolute Gasteiger partial charge is 0.324 e. The van der Waals surface area contributed by atoms with Crippen LogP contribution in [0.1, 0.15) is 24.5 Å². The van der Waals surface area contributed by atoms with Gasteiger partial charge in [-0.25, -0.2) is 4.79 Å². The maximum absolute atomic E-state index is 12.2. The van der Waals surface area contributed by atoms with Crippen LogP contribution in [0, 0.1) is 0 Å². The third kappa shape index (κ3) is 1.98. The van der Waals surface area contributed by atoms with Gasteiger partial charge in [0.05, 0.1) is 0 Å². The Labute approximate surface area is 122 Å². The van der Waals surface area contributed by atoms with Crippen molar-refractivity contribution in [3.05, 3.63) is 29.3 Å². The van der Waals surface area contributed by atoms with Crippen LogP contribution in [0.4, 0.5) is 10.5 Å². The van der Waals surface area contributed by atoms with Gasteiger partial charge < -0.3 is 10.2 Å². The van der Waals surface area contributed by atoms with Gasteiger partial charge in [-0.05, 0) is 23.3 Å². The minimum Gasteiger partial charge on any atom is -0.326 e. The molecule has 2 aliphatic rings. The normalized spacial score (nSPS) is 23.4. The van der Waals surface area contributed by atoms with E-state index in [1.54, 1.807) is 14.0 Å². The molecule has 6 heteroatoms. The highest BCUT2D eigenvalue weighted by molar-refractivity contribution is 6.07. The molecule has 1 aliphatic heterocycles. The second-order valence-electron chi connectivity index (χ2n) is 5.59. The summed E-state index contributed by atoms with van der Waals surface area (Å²) < 4.78 is 0. The van der Waals surface area contributed by atoms with E-state index < -0.39 is 5.54 Å². The van der Waals surface area contributed by atoms with Crippen LogP contribution in [0.3, 0.4) is 0 Å². The van der Waals surface area contributed by atoms with Gasteiger partial charge in [0.25, 0.3) is 5.91 Å². The SMILES string of the molecule is CCC(=O)Nc1ccc2c(c1)CC1(C2)C(=O)NC(=O)N1C. The van der Waals surface area contributed by atoms with Gasteiger partial charge in [0.1, 0.15) is 5.54 Å². The van der Waals surface area contributed by atoms with E-state index >= 15 is 0 Å². The first-order valence-corrected chi connectivity index (χ1v) is 6.97. The third-order valence-electron chi connectivity index (χ3n) is 4.37. The number of benzene rings is 1. The zero-order chi connectivity index (χ0) is 15.2. The first-order valence-electron chi connectivity index (χ1n) is 6.97. The predicted octanol–water partition coefficient (Wildman–Crippen LogP) is 1.05. The number of anilines is 1. The molecule has 1 saturated heterocycles. The molecule has 6 nitrogen and oxygen atoms in total. The Bertz CT molecular complexity index is 656. The van der Waals surface area contributed by atoms with E-state index in [0.29, 0.717) is 19.3 Å². The Morgan fingerprint density at radius 1 is 1.33 bits per heavy atom. The van der Waals surface area contributed by atoms with Crippen LogP contribution in [0.5, 0.6) is 0 Å². The summed E-state index contributed by atoms with van der Waals surface area (Å²) >= 11 is 0. The van der Waals surface area contributed by atoms with Gasteiger partial charge >= 0.3 is 6.03 Å². The summed E-state index contributed by atoms with van der Waals surface area (Å²) in [6, 6.07) is 5.29. The van der Waals surface area contributed by atoms with E-state index in [0.717, 1.165) is 16.8 Å². The number of nitrogens with zero attached hydrogens (tertiary/aromatic N) is 1. The van der Waals surface area contributed by atoms with E-state index in [9.17, 15) is 14.4 Å². The van der Waals surface area contributed by atoms with Crippen molar-refractivity contribution < 1.29 is 14.4 Å². The monoisotopic (exact) mass is 287 g/mol. The molecule has 1 unspecified atom stereocenters. The van der Waals surface area contributed by atoms with Crippen LogP contribution < -0.4 is 10.6 Å². The molecule has 110 valence electrons. The number of carbonyl (C=O) groups excluding carboxylic acids is 3. The number of amides is 4. The zero-order valence-electron chi connectivity index (χ0n) is 12.0. The number of likely N-dealkylation sites (N-methyl/N-ethyl adjacent to an activating group) is 1. The van der Waals surface area contributed by atoms with Crippen LogP contribution >= 0.6 is 0 Å². The van der Waals surface area contributed by atoms with Gasteiger partial charge in [-0.1, -0.05) is 13.0 Å². The van der Waals surface area contributed by atoms with Crippen molar-refractivity contribution in [3.63, 3.8) is 0 Å². The average molecular weight is 287 g/mol. The number of hydrogen-bond donors (Lipinski definition) is 2. The number of nitrogens with one attached hydrogen (secondary N) is 2. The second-order valence-corrected chi connectivity index (χ2v) is 5.59. The standard InChI is InChI=1S/C15H17N3O3/c1-3-12(19)16-11-5-4-9-7-15(8-10(9)6-11)13(20)17-14(21)18(15)2/h4-6H,3,7-8H2,1-2H3,(H,16,19)(H,17,20,21). The Balaban J connectivity index is 1.89. The molecule has 0 bridgehead atoms. The van der Waals surface area contributed by atoms with E-state index in [1.807, 2.05) is 18.2 Å². The quantitative estimate of drug-likeness (QED) is 0.798. The van der Waals surface area contributed by atoms with E-state index in [4.69, 9.17) is 0 Å². The fourth-order valence-electron chi connectivity index (χ4n) is 3.02. The maximum atomic E-state index is 12.2. The molecular formula is C15H17N3O3. The molecule has 0 aromatic heterocycles. The van der Waals surface area contributed by atoms with E-state index in [1.165, 1.54) is 4.90 Å². The third-order valence-corrected chi connectivity index (χ3v) is 4.37. The van der Waals surface area contributed by atoms with Gasteiger partial charge in [0.2, 0.25) is 5.91 Å². The van der Waals surface area contributed by atoms with Crippen LogP contribution in [0.25, 0.3) is 0 Å². The molecule has 0 saturated carbocycles. The van der Waals surface area contributed by atoms with Crippen molar-refractivity contribution >= 4 is 23.5 Å². The minimum absolute atomic E-state index is 0.0476. The van der Waals surface area contributed by atoms with Crippen molar-refractivity contribution in [3.8, 4) is 0 Å². The molecule has 4 amide bonds. The molecule has 1 aromatic carbocycles. The number of carbonyl (C=O) groups is 3. The van der Waals surface area contributed by atoms with Crippen LogP contribution in [-0.4, -0.2) is 35.3 Å². The number of urea groups is 1. The number of rotatable bonds is 2. The highest BCUT2D eigenvalue weighted by Crippen LogP contribution is 2.38. The van der Waals surface area contributed by atoms with Crippen LogP contribution in [0.2, 0.25) is 0 Å². The van der Waals surface area contributed by atoms with Crippen molar-refractivity contribution in [2.75, 3.05) is 12.4 Å². The summed E-state index contributed by atoms with van der Waals surface area (Å²) in [5, 5.41) is 5.18. The van der Waals surface area contributed by atoms with Crippen LogP contribution in [-0.2, 0) is 22.4 Å². The van der Waals surface area contributed by atoms with Gasteiger partial charge in [0.15, 0.2) is 0 Å². The molecule has 1 aromatic rings. The molecule has 1 heterocycles. The molecule has 1 atom stereocenters. The fraction of sp³-hybridized carbons (Fsp3) is 0.400. The van der Waals surface area contributed by atoms with Crippen molar-refractivity contribution in [2.24, 2.45) is 0 Å². The van der Waals surface area contributed by atoms with E-state index in [2.05, 4.69) is 10.6 Å². The zero-order valence-corrected chi connectivity index (χ0v) is 12.0. The average Bonchev–Trinajstić information content (AvgIpc) is 2.93. The molecule has 1 spiro atoms. The van der Waals surface area contributed by atoms with E-state index in [-0.39, 0.29) is 17.8 Å².